The lowest BCUT2D eigenvalue weighted by atomic mass is 10.0. The molecule has 0 spiro atoms. The second-order valence-corrected chi connectivity index (χ2v) is 6.25. The van der Waals surface area contributed by atoms with Crippen LogP contribution < -0.4 is 5.73 Å². The third kappa shape index (κ3) is 2.71. The van der Waals surface area contributed by atoms with Crippen molar-refractivity contribution in [3.8, 4) is 0 Å². The minimum Gasteiger partial charge on any atom is -0.318 e. The highest BCUT2D eigenvalue weighted by Crippen LogP contribution is 2.32. The molecule has 1 aromatic carbocycles. The third-order valence-electron chi connectivity index (χ3n) is 3.67. The fourth-order valence-electron chi connectivity index (χ4n) is 2.65. The van der Waals surface area contributed by atoms with Crippen molar-refractivity contribution in [2.24, 2.45) is 5.73 Å². The van der Waals surface area contributed by atoms with E-state index in [1.54, 1.807) is 11.3 Å². The first-order valence-corrected chi connectivity index (χ1v) is 7.51. The van der Waals surface area contributed by atoms with Crippen LogP contribution in [-0.2, 0) is 12.1 Å². The molecule has 0 amide bonds. The van der Waals surface area contributed by atoms with Crippen LogP contribution in [-0.4, -0.2) is 23.0 Å². The predicted molar refractivity (Wildman–Crippen MR) is 79.1 cm³/mol. The number of likely N-dealkylation sites (tertiary alicyclic amines) is 1. The summed E-state index contributed by atoms with van der Waals surface area (Å²) in [6, 6.07) is 10.6. The normalized spacial score (nSPS) is 23.9. The molecule has 1 unspecified atom stereocenters. The van der Waals surface area contributed by atoms with Gasteiger partial charge >= 0.3 is 0 Å². The van der Waals surface area contributed by atoms with Gasteiger partial charge in [-0.05, 0) is 18.9 Å². The molecule has 2 heterocycles. The number of thiazole rings is 1. The molecule has 1 aromatic heterocycles. The quantitative estimate of drug-likeness (QED) is 0.934. The fourth-order valence-corrected chi connectivity index (χ4v) is 3.58. The molecule has 1 aliphatic rings. The Hall–Kier alpha value is -1.23. The first-order chi connectivity index (χ1) is 9.16. The summed E-state index contributed by atoms with van der Waals surface area (Å²) in [5, 5.41) is 3.17. The molecule has 4 heteroatoms. The standard InChI is InChI=1S/C15H19N3S/c1-12-10-19-14(17-12)15(16)7-8-18(11-15)9-13-5-3-2-4-6-13/h2-6,10H,7-9,11,16H2,1H3. The van der Waals surface area contributed by atoms with E-state index in [9.17, 15) is 0 Å². The fraction of sp³-hybridized carbons (Fsp3) is 0.400. The Balaban J connectivity index is 1.70. The summed E-state index contributed by atoms with van der Waals surface area (Å²) in [4.78, 5) is 7.00. The SMILES string of the molecule is Cc1csc(C2(N)CCN(Cc3ccccc3)C2)n1. The van der Waals surface area contributed by atoms with Gasteiger partial charge in [0.25, 0.3) is 0 Å². The van der Waals surface area contributed by atoms with Gasteiger partial charge < -0.3 is 5.73 Å². The Bertz CT molecular complexity index is 552. The molecular formula is C15H19N3S. The minimum atomic E-state index is -0.256. The number of aromatic nitrogens is 1. The van der Waals surface area contributed by atoms with Gasteiger partial charge in [-0.1, -0.05) is 30.3 Å². The van der Waals surface area contributed by atoms with Crippen LogP contribution in [0, 0.1) is 6.92 Å². The van der Waals surface area contributed by atoms with E-state index in [1.807, 2.05) is 6.92 Å². The van der Waals surface area contributed by atoms with E-state index in [1.165, 1.54) is 5.56 Å². The molecule has 0 bridgehead atoms. The van der Waals surface area contributed by atoms with Crippen molar-refractivity contribution < 1.29 is 0 Å². The molecule has 0 saturated carbocycles. The van der Waals surface area contributed by atoms with Crippen molar-refractivity contribution in [2.45, 2.75) is 25.4 Å². The lowest BCUT2D eigenvalue weighted by molar-refractivity contribution is 0.304. The van der Waals surface area contributed by atoms with Gasteiger partial charge in [-0.15, -0.1) is 11.3 Å². The summed E-state index contributed by atoms with van der Waals surface area (Å²) in [5.41, 5.74) is 8.71. The van der Waals surface area contributed by atoms with Crippen molar-refractivity contribution in [3.63, 3.8) is 0 Å². The second kappa shape index (κ2) is 5.04. The zero-order valence-electron chi connectivity index (χ0n) is 11.2. The van der Waals surface area contributed by atoms with Gasteiger partial charge in [0.1, 0.15) is 5.01 Å². The lowest BCUT2D eigenvalue weighted by Gasteiger charge is -2.22. The zero-order chi connectivity index (χ0) is 13.3. The van der Waals surface area contributed by atoms with E-state index in [4.69, 9.17) is 5.73 Å². The molecule has 3 rings (SSSR count). The van der Waals surface area contributed by atoms with Gasteiger partial charge in [-0.25, -0.2) is 4.98 Å². The summed E-state index contributed by atoms with van der Waals surface area (Å²) < 4.78 is 0. The molecule has 1 fully saturated rings. The highest BCUT2D eigenvalue weighted by molar-refractivity contribution is 7.09. The molecule has 3 nitrogen and oxygen atoms in total. The Labute approximate surface area is 118 Å². The van der Waals surface area contributed by atoms with Crippen LogP contribution in [0.15, 0.2) is 35.7 Å². The van der Waals surface area contributed by atoms with Gasteiger partial charge in [0.15, 0.2) is 0 Å². The Morgan fingerprint density at radius 2 is 2.16 bits per heavy atom. The molecule has 2 N–H and O–H groups in total. The topological polar surface area (TPSA) is 42.1 Å². The minimum absolute atomic E-state index is 0.256. The molecule has 1 saturated heterocycles. The van der Waals surface area contributed by atoms with E-state index in [0.717, 1.165) is 36.8 Å². The molecule has 19 heavy (non-hydrogen) atoms. The monoisotopic (exact) mass is 273 g/mol. The highest BCUT2D eigenvalue weighted by Gasteiger charge is 2.38. The van der Waals surface area contributed by atoms with E-state index in [-0.39, 0.29) is 5.54 Å². The maximum Gasteiger partial charge on any atom is 0.114 e. The van der Waals surface area contributed by atoms with Crippen molar-refractivity contribution in [2.75, 3.05) is 13.1 Å². The molecule has 1 aliphatic heterocycles. The van der Waals surface area contributed by atoms with E-state index >= 15 is 0 Å². The van der Waals surface area contributed by atoms with E-state index in [2.05, 4.69) is 45.6 Å². The van der Waals surface area contributed by atoms with Crippen LogP contribution in [0.5, 0.6) is 0 Å². The van der Waals surface area contributed by atoms with Crippen LogP contribution in [0.2, 0.25) is 0 Å². The molecule has 0 aliphatic carbocycles. The van der Waals surface area contributed by atoms with Crippen molar-refractivity contribution in [1.82, 2.24) is 9.88 Å². The average molecular weight is 273 g/mol. The number of aryl methyl sites for hydroxylation is 1. The second-order valence-electron chi connectivity index (χ2n) is 5.40. The van der Waals surface area contributed by atoms with E-state index < -0.39 is 0 Å². The number of nitrogens with two attached hydrogens (primary N) is 1. The van der Waals surface area contributed by atoms with Crippen LogP contribution >= 0.6 is 11.3 Å². The number of benzene rings is 1. The highest BCUT2D eigenvalue weighted by atomic mass is 32.1. The number of hydrogen-bond acceptors (Lipinski definition) is 4. The van der Waals surface area contributed by atoms with Crippen molar-refractivity contribution in [3.05, 3.63) is 52.0 Å². The van der Waals surface area contributed by atoms with Crippen molar-refractivity contribution >= 4 is 11.3 Å². The molecular weight excluding hydrogens is 254 g/mol. The summed E-state index contributed by atoms with van der Waals surface area (Å²) in [5.74, 6) is 0. The van der Waals surface area contributed by atoms with Crippen LogP contribution in [0.3, 0.4) is 0 Å². The molecule has 2 aromatic rings. The third-order valence-corrected chi connectivity index (χ3v) is 4.85. The van der Waals surface area contributed by atoms with Crippen LogP contribution in [0.4, 0.5) is 0 Å². The lowest BCUT2D eigenvalue weighted by Crippen LogP contribution is -2.39. The van der Waals surface area contributed by atoms with Gasteiger partial charge in [0.05, 0.1) is 5.54 Å². The molecule has 0 radical (unpaired) electrons. The van der Waals surface area contributed by atoms with Gasteiger partial charge in [0, 0.05) is 30.7 Å². The smallest absolute Gasteiger partial charge is 0.114 e. The maximum absolute atomic E-state index is 6.54. The molecule has 1 atom stereocenters. The van der Waals surface area contributed by atoms with Crippen molar-refractivity contribution in [1.29, 1.82) is 0 Å². The first kappa shape index (κ1) is 12.8. The maximum atomic E-state index is 6.54. The summed E-state index contributed by atoms with van der Waals surface area (Å²) in [6.07, 6.45) is 0.993. The molecule has 100 valence electrons. The summed E-state index contributed by atoms with van der Waals surface area (Å²) in [6.45, 7) is 4.95. The van der Waals surface area contributed by atoms with Crippen LogP contribution in [0.25, 0.3) is 0 Å². The van der Waals surface area contributed by atoms with Gasteiger partial charge in [-0.3, -0.25) is 4.90 Å². The van der Waals surface area contributed by atoms with Gasteiger partial charge in [-0.2, -0.15) is 0 Å². The Morgan fingerprint density at radius 3 is 2.84 bits per heavy atom. The van der Waals surface area contributed by atoms with Crippen LogP contribution in [0.1, 0.15) is 22.7 Å². The van der Waals surface area contributed by atoms with E-state index in [0.29, 0.717) is 0 Å². The van der Waals surface area contributed by atoms with Gasteiger partial charge in [0.2, 0.25) is 0 Å². The average Bonchev–Trinajstić information content (AvgIpc) is 2.99. The first-order valence-electron chi connectivity index (χ1n) is 6.63. The number of nitrogens with zero attached hydrogens (tertiary/aromatic N) is 2. The zero-order valence-corrected chi connectivity index (χ0v) is 12.0. The Morgan fingerprint density at radius 1 is 1.37 bits per heavy atom. The summed E-state index contributed by atoms with van der Waals surface area (Å²) >= 11 is 1.69. The Kier molecular flexibility index (Phi) is 3.39. The summed E-state index contributed by atoms with van der Waals surface area (Å²) in [7, 11) is 0. The predicted octanol–water partition coefficient (Wildman–Crippen LogP) is 2.51. The number of rotatable bonds is 3. The number of hydrogen-bond donors (Lipinski definition) is 1. The largest absolute Gasteiger partial charge is 0.318 e.